The highest BCUT2D eigenvalue weighted by molar-refractivity contribution is 5.85. The van der Waals surface area contributed by atoms with Gasteiger partial charge in [0.05, 0.1) is 6.61 Å². The lowest BCUT2D eigenvalue weighted by atomic mass is 10.0. The summed E-state index contributed by atoms with van der Waals surface area (Å²) in [5.74, 6) is 0.176. The molecule has 96 valence electrons. The van der Waals surface area contributed by atoms with Crippen molar-refractivity contribution in [3.63, 3.8) is 0 Å². The van der Waals surface area contributed by atoms with E-state index >= 15 is 0 Å². The largest absolute Gasteiger partial charge is 0.460 e. The zero-order valence-corrected chi connectivity index (χ0v) is 11.0. The van der Waals surface area contributed by atoms with Crippen molar-refractivity contribution in [1.29, 1.82) is 0 Å². The van der Waals surface area contributed by atoms with E-state index in [1.165, 1.54) is 0 Å². The van der Waals surface area contributed by atoms with Crippen molar-refractivity contribution < 1.29 is 14.3 Å². The molecule has 1 rings (SSSR count). The summed E-state index contributed by atoms with van der Waals surface area (Å²) in [6.45, 7) is 5.95. The summed E-state index contributed by atoms with van der Waals surface area (Å²) in [4.78, 5) is 15.7. The van der Waals surface area contributed by atoms with Crippen LogP contribution in [0.25, 0.3) is 0 Å². The van der Waals surface area contributed by atoms with Crippen LogP contribution in [0.2, 0.25) is 0 Å². The van der Waals surface area contributed by atoms with Crippen LogP contribution >= 0.6 is 0 Å². The molecule has 1 aromatic heterocycles. The third-order valence-electron chi connectivity index (χ3n) is 2.82. The Balaban J connectivity index is 3.07. The summed E-state index contributed by atoms with van der Waals surface area (Å²) in [7, 11) is 3.35. The lowest BCUT2D eigenvalue weighted by Gasteiger charge is -2.24. The third-order valence-corrected chi connectivity index (χ3v) is 2.82. The molecule has 0 aliphatic carbocycles. The fraction of sp³-hybridized carbons (Fsp3) is 0.727. The Morgan fingerprint density at radius 3 is 2.59 bits per heavy atom. The molecule has 1 atom stereocenters. The summed E-state index contributed by atoms with van der Waals surface area (Å²) in [6, 6.07) is 0. The first-order chi connectivity index (χ1) is 7.98. The summed E-state index contributed by atoms with van der Waals surface area (Å²) >= 11 is 0. The lowest BCUT2D eigenvalue weighted by molar-refractivity contribution is -0.0118. The second kappa shape index (κ2) is 5.27. The summed E-state index contributed by atoms with van der Waals surface area (Å²) in [5, 5.41) is 4.04. The molecule has 0 bridgehead atoms. The molecule has 6 nitrogen and oxygen atoms in total. The number of rotatable bonds is 5. The standard InChI is InChI=1S/C11H19N3O3/c1-6-11(3,16-5)10-12-8(13-14(10)4)9(15)17-7-2/h6-7H2,1-5H3. The van der Waals surface area contributed by atoms with Crippen molar-refractivity contribution in [3.8, 4) is 0 Å². The molecule has 0 aliphatic heterocycles. The number of ether oxygens (including phenoxy) is 2. The molecule has 0 aromatic carbocycles. The quantitative estimate of drug-likeness (QED) is 0.726. The normalized spacial score (nSPS) is 14.4. The van der Waals surface area contributed by atoms with Gasteiger partial charge in [-0.1, -0.05) is 6.92 Å². The lowest BCUT2D eigenvalue weighted by Crippen LogP contribution is -2.27. The maximum Gasteiger partial charge on any atom is 0.378 e. The van der Waals surface area contributed by atoms with Crippen LogP contribution in [0.5, 0.6) is 0 Å². The fourth-order valence-electron chi connectivity index (χ4n) is 1.52. The number of methoxy groups -OCH3 is 1. The van der Waals surface area contributed by atoms with Crippen molar-refractivity contribution in [1.82, 2.24) is 14.8 Å². The minimum absolute atomic E-state index is 0.0704. The highest BCUT2D eigenvalue weighted by Crippen LogP contribution is 2.26. The molecule has 1 heterocycles. The second-order valence-corrected chi connectivity index (χ2v) is 3.89. The van der Waals surface area contributed by atoms with Gasteiger partial charge < -0.3 is 9.47 Å². The zero-order chi connectivity index (χ0) is 13.1. The van der Waals surface area contributed by atoms with Crippen molar-refractivity contribution >= 4 is 5.97 Å². The molecule has 0 radical (unpaired) electrons. The van der Waals surface area contributed by atoms with Crippen LogP contribution in [-0.4, -0.2) is 34.5 Å². The summed E-state index contributed by atoms with van der Waals surface area (Å²) in [5.41, 5.74) is -0.549. The molecule has 17 heavy (non-hydrogen) atoms. The van der Waals surface area contributed by atoms with E-state index in [1.54, 1.807) is 25.8 Å². The number of hydrogen-bond acceptors (Lipinski definition) is 5. The topological polar surface area (TPSA) is 66.2 Å². The van der Waals surface area contributed by atoms with Crippen molar-refractivity contribution in [2.24, 2.45) is 7.05 Å². The number of esters is 1. The number of hydrogen-bond donors (Lipinski definition) is 0. The number of carbonyl (C=O) groups excluding carboxylic acids is 1. The Morgan fingerprint density at radius 2 is 2.12 bits per heavy atom. The first-order valence-electron chi connectivity index (χ1n) is 5.62. The van der Waals surface area contributed by atoms with E-state index in [0.717, 1.165) is 6.42 Å². The molecule has 6 heteroatoms. The second-order valence-electron chi connectivity index (χ2n) is 3.89. The molecule has 0 saturated carbocycles. The molecule has 0 fully saturated rings. The predicted octanol–water partition coefficient (Wildman–Crippen LogP) is 1.26. The van der Waals surface area contributed by atoms with Gasteiger partial charge in [-0.25, -0.2) is 14.5 Å². The smallest absolute Gasteiger partial charge is 0.378 e. The molecule has 0 saturated heterocycles. The van der Waals surface area contributed by atoms with Gasteiger partial charge in [0, 0.05) is 14.2 Å². The van der Waals surface area contributed by atoms with Gasteiger partial charge in [0.1, 0.15) is 5.60 Å². The summed E-state index contributed by atoms with van der Waals surface area (Å²) < 4.78 is 11.8. The SMILES string of the molecule is CCOC(=O)c1nc(C(C)(CC)OC)n(C)n1. The Morgan fingerprint density at radius 1 is 1.47 bits per heavy atom. The minimum Gasteiger partial charge on any atom is -0.460 e. The zero-order valence-electron chi connectivity index (χ0n) is 11.0. The minimum atomic E-state index is -0.549. The highest BCUT2D eigenvalue weighted by atomic mass is 16.5. The molecular formula is C11H19N3O3. The van der Waals surface area contributed by atoms with E-state index in [9.17, 15) is 4.79 Å². The molecular weight excluding hydrogens is 222 g/mol. The van der Waals surface area contributed by atoms with Crippen molar-refractivity contribution in [3.05, 3.63) is 11.6 Å². The van der Waals surface area contributed by atoms with Gasteiger partial charge in [-0.05, 0) is 20.3 Å². The molecule has 0 aliphatic rings. The van der Waals surface area contributed by atoms with E-state index in [4.69, 9.17) is 9.47 Å². The Bertz CT molecular complexity index is 397. The van der Waals surface area contributed by atoms with Crippen LogP contribution in [0.3, 0.4) is 0 Å². The number of carbonyl (C=O) groups is 1. The number of nitrogens with zero attached hydrogens (tertiary/aromatic N) is 3. The maximum absolute atomic E-state index is 11.5. The van der Waals surface area contributed by atoms with E-state index in [-0.39, 0.29) is 5.82 Å². The number of aryl methyl sites for hydroxylation is 1. The van der Waals surface area contributed by atoms with E-state index in [2.05, 4.69) is 10.1 Å². The third kappa shape index (κ3) is 2.63. The molecule has 0 amide bonds. The van der Waals surface area contributed by atoms with Gasteiger partial charge in [-0.15, -0.1) is 5.10 Å². The number of aromatic nitrogens is 3. The van der Waals surface area contributed by atoms with Gasteiger partial charge in [0.25, 0.3) is 5.82 Å². The first kappa shape index (κ1) is 13.6. The van der Waals surface area contributed by atoms with E-state index < -0.39 is 11.6 Å². The molecule has 0 spiro atoms. The van der Waals surface area contributed by atoms with Crippen molar-refractivity contribution in [2.75, 3.05) is 13.7 Å². The van der Waals surface area contributed by atoms with Gasteiger partial charge in [-0.3, -0.25) is 0 Å². The fourth-order valence-corrected chi connectivity index (χ4v) is 1.52. The molecule has 1 aromatic rings. The Labute approximate surface area is 101 Å². The highest BCUT2D eigenvalue weighted by Gasteiger charge is 2.31. The Kier molecular flexibility index (Phi) is 4.22. The van der Waals surface area contributed by atoms with E-state index in [1.807, 2.05) is 13.8 Å². The maximum atomic E-state index is 11.5. The summed E-state index contributed by atoms with van der Waals surface area (Å²) in [6.07, 6.45) is 0.734. The van der Waals surface area contributed by atoms with Gasteiger partial charge in [-0.2, -0.15) is 0 Å². The van der Waals surface area contributed by atoms with Gasteiger partial charge >= 0.3 is 5.97 Å². The molecule has 0 N–H and O–H groups in total. The average molecular weight is 241 g/mol. The Hall–Kier alpha value is -1.43. The van der Waals surface area contributed by atoms with E-state index in [0.29, 0.717) is 12.4 Å². The van der Waals surface area contributed by atoms with Crippen LogP contribution < -0.4 is 0 Å². The monoisotopic (exact) mass is 241 g/mol. The van der Waals surface area contributed by atoms with Gasteiger partial charge in [0.15, 0.2) is 5.82 Å². The average Bonchev–Trinajstić information content (AvgIpc) is 2.71. The van der Waals surface area contributed by atoms with Crippen molar-refractivity contribution in [2.45, 2.75) is 32.8 Å². The van der Waals surface area contributed by atoms with Crippen LogP contribution in [0.1, 0.15) is 43.6 Å². The predicted molar refractivity (Wildman–Crippen MR) is 61.6 cm³/mol. The van der Waals surface area contributed by atoms with Crippen LogP contribution in [0.15, 0.2) is 0 Å². The van der Waals surface area contributed by atoms with Crippen LogP contribution in [0, 0.1) is 0 Å². The first-order valence-corrected chi connectivity index (χ1v) is 5.62. The van der Waals surface area contributed by atoms with Crippen LogP contribution in [-0.2, 0) is 22.1 Å². The van der Waals surface area contributed by atoms with Crippen LogP contribution in [0.4, 0.5) is 0 Å². The molecule has 1 unspecified atom stereocenters. The van der Waals surface area contributed by atoms with Gasteiger partial charge in [0.2, 0.25) is 0 Å².